The Kier molecular flexibility index (Phi) is 6.55. The average Bonchev–Trinajstić information content (AvgIpc) is 2.47. The minimum atomic E-state index is 0.194. The molecule has 0 spiro atoms. The number of hydrogen-bond donors (Lipinski definition) is 1. The van der Waals surface area contributed by atoms with E-state index in [0.29, 0.717) is 16.7 Å². The molecule has 0 radical (unpaired) electrons. The van der Waals surface area contributed by atoms with E-state index < -0.39 is 0 Å². The van der Waals surface area contributed by atoms with Crippen LogP contribution in [0.15, 0.2) is 23.1 Å². The van der Waals surface area contributed by atoms with Gasteiger partial charge in [0.05, 0.1) is 0 Å². The second-order valence-corrected chi connectivity index (χ2v) is 7.63. The summed E-state index contributed by atoms with van der Waals surface area (Å²) in [5, 5.41) is 4.41. The summed E-state index contributed by atoms with van der Waals surface area (Å²) < 4.78 is 0. The molecule has 1 aliphatic rings. The van der Waals surface area contributed by atoms with Gasteiger partial charge in [0, 0.05) is 59.9 Å². The number of carbonyl (C=O) groups is 1. The summed E-state index contributed by atoms with van der Waals surface area (Å²) in [4.78, 5) is 15.9. The number of Topliss-reactive ketones (excluding diaryl/α,β-unsaturated/α-hetero) is 1. The Morgan fingerprint density at radius 3 is 2.76 bits per heavy atom. The van der Waals surface area contributed by atoms with Crippen LogP contribution in [0.4, 0.5) is 0 Å². The van der Waals surface area contributed by atoms with Gasteiger partial charge in [-0.25, -0.2) is 0 Å². The lowest BCUT2D eigenvalue weighted by Crippen LogP contribution is -2.44. The SMILES string of the molecule is CC(C)Sc1ccc(Cl)cc1C(=O)CCN1CCNCC1. The summed E-state index contributed by atoms with van der Waals surface area (Å²) in [6.07, 6.45) is 0.562. The molecule has 1 fully saturated rings. The molecule has 1 aromatic rings. The topological polar surface area (TPSA) is 32.3 Å². The predicted molar refractivity (Wildman–Crippen MR) is 90.7 cm³/mol. The highest BCUT2D eigenvalue weighted by Crippen LogP contribution is 2.29. The molecule has 0 atom stereocenters. The van der Waals surface area contributed by atoms with E-state index in [9.17, 15) is 4.79 Å². The van der Waals surface area contributed by atoms with E-state index in [1.165, 1.54) is 0 Å². The molecule has 0 saturated carbocycles. The first-order valence-corrected chi connectivity index (χ1v) is 8.74. The number of carbonyl (C=O) groups excluding carboxylic acids is 1. The monoisotopic (exact) mass is 326 g/mol. The summed E-state index contributed by atoms with van der Waals surface area (Å²) in [7, 11) is 0. The van der Waals surface area contributed by atoms with Gasteiger partial charge >= 0.3 is 0 Å². The number of benzene rings is 1. The van der Waals surface area contributed by atoms with E-state index in [2.05, 4.69) is 24.1 Å². The van der Waals surface area contributed by atoms with Crippen molar-refractivity contribution in [3.8, 4) is 0 Å². The fraction of sp³-hybridized carbons (Fsp3) is 0.562. The van der Waals surface area contributed by atoms with Crippen LogP contribution in [-0.2, 0) is 0 Å². The molecule has 1 saturated heterocycles. The number of hydrogen-bond acceptors (Lipinski definition) is 4. The zero-order valence-corrected chi connectivity index (χ0v) is 14.3. The summed E-state index contributed by atoms with van der Waals surface area (Å²) in [5.41, 5.74) is 0.774. The van der Waals surface area contributed by atoms with Gasteiger partial charge in [0.15, 0.2) is 5.78 Å². The lowest BCUT2D eigenvalue weighted by Gasteiger charge is -2.26. The quantitative estimate of drug-likeness (QED) is 0.642. The van der Waals surface area contributed by atoms with Crippen molar-refractivity contribution in [1.82, 2.24) is 10.2 Å². The van der Waals surface area contributed by atoms with E-state index in [1.807, 2.05) is 18.2 Å². The van der Waals surface area contributed by atoms with E-state index >= 15 is 0 Å². The molecule has 1 aromatic carbocycles. The Balaban J connectivity index is 2.01. The van der Waals surface area contributed by atoms with Crippen molar-refractivity contribution in [2.75, 3.05) is 32.7 Å². The van der Waals surface area contributed by atoms with Gasteiger partial charge in [-0.15, -0.1) is 11.8 Å². The molecule has 0 amide bonds. The molecule has 0 unspecified atom stereocenters. The van der Waals surface area contributed by atoms with E-state index in [-0.39, 0.29) is 5.78 Å². The normalized spacial score (nSPS) is 16.4. The number of halogens is 1. The van der Waals surface area contributed by atoms with Gasteiger partial charge in [-0.2, -0.15) is 0 Å². The highest BCUT2D eigenvalue weighted by Gasteiger charge is 2.16. The minimum absolute atomic E-state index is 0.194. The van der Waals surface area contributed by atoms with Crippen LogP contribution in [0.1, 0.15) is 30.6 Å². The number of piperazine rings is 1. The Labute approximate surface area is 136 Å². The van der Waals surface area contributed by atoms with Crippen LogP contribution < -0.4 is 5.32 Å². The van der Waals surface area contributed by atoms with Crippen molar-refractivity contribution in [2.24, 2.45) is 0 Å². The van der Waals surface area contributed by atoms with Crippen LogP contribution >= 0.6 is 23.4 Å². The van der Waals surface area contributed by atoms with Crippen molar-refractivity contribution in [2.45, 2.75) is 30.4 Å². The first-order valence-electron chi connectivity index (χ1n) is 7.49. The summed E-state index contributed by atoms with van der Waals surface area (Å²) >= 11 is 7.79. The lowest BCUT2D eigenvalue weighted by molar-refractivity contribution is 0.0958. The van der Waals surface area contributed by atoms with Crippen LogP contribution in [0.5, 0.6) is 0 Å². The van der Waals surface area contributed by atoms with Crippen LogP contribution in [0.3, 0.4) is 0 Å². The van der Waals surface area contributed by atoms with Gasteiger partial charge in [0.1, 0.15) is 0 Å². The molecular weight excluding hydrogens is 304 g/mol. The second-order valence-electron chi connectivity index (χ2n) is 5.57. The molecule has 5 heteroatoms. The van der Waals surface area contributed by atoms with Crippen molar-refractivity contribution < 1.29 is 4.79 Å². The maximum Gasteiger partial charge on any atom is 0.165 e. The van der Waals surface area contributed by atoms with Crippen molar-refractivity contribution in [1.29, 1.82) is 0 Å². The van der Waals surface area contributed by atoms with E-state index in [4.69, 9.17) is 11.6 Å². The lowest BCUT2D eigenvalue weighted by atomic mass is 10.1. The first-order chi connectivity index (χ1) is 10.1. The van der Waals surface area contributed by atoms with Gasteiger partial charge in [-0.3, -0.25) is 4.79 Å². The molecule has 1 aliphatic heterocycles. The first kappa shape index (κ1) is 16.8. The number of rotatable bonds is 6. The smallest absolute Gasteiger partial charge is 0.165 e. The van der Waals surface area contributed by atoms with Gasteiger partial charge < -0.3 is 10.2 Å². The predicted octanol–water partition coefficient (Wildman–Crippen LogP) is 3.32. The highest BCUT2D eigenvalue weighted by molar-refractivity contribution is 8.00. The van der Waals surface area contributed by atoms with Gasteiger partial charge in [0.2, 0.25) is 0 Å². The molecule has 0 bridgehead atoms. The maximum atomic E-state index is 12.5. The zero-order valence-electron chi connectivity index (χ0n) is 12.7. The van der Waals surface area contributed by atoms with Crippen molar-refractivity contribution >= 4 is 29.1 Å². The number of thioether (sulfide) groups is 1. The number of nitrogens with one attached hydrogen (secondary N) is 1. The van der Waals surface area contributed by atoms with Crippen molar-refractivity contribution in [3.63, 3.8) is 0 Å². The van der Waals surface area contributed by atoms with Gasteiger partial charge in [-0.1, -0.05) is 25.4 Å². The summed E-state index contributed by atoms with van der Waals surface area (Å²) in [5.74, 6) is 0.194. The third-order valence-electron chi connectivity index (χ3n) is 3.47. The minimum Gasteiger partial charge on any atom is -0.314 e. The van der Waals surface area contributed by atoms with Crippen molar-refractivity contribution in [3.05, 3.63) is 28.8 Å². The zero-order chi connectivity index (χ0) is 15.2. The summed E-state index contributed by atoms with van der Waals surface area (Å²) in [6, 6.07) is 5.64. The second kappa shape index (κ2) is 8.18. The number of ketones is 1. The molecule has 1 heterocycles. The average molecular weight is 327 g/mol. The molecular formula is C16H23ClN2OS. The summed E-state index contributed by atoms with van der Waals surface area (Å²) in [6.45, 7) is 9.17. The molecule has 1 N–H and O–H groups in total. The van der Waals surface area contributed by atoms with E-state index in [1.54, 1.807) is 11.8 Å². The van der Waals surface area contributed by atoms with Gasteiger partial charge in [0.25, 0.3) is 0 Å². The standard InChI is InChI=1S/C16H23ClN2OS/c1-12(2)21-16-4-3-13(17)11-14(16)15(20)5-8-19-9-6-18-7-10-19/h3-4,11-12,18H,5-10H2,1-2H3. The molecule has 21 heavy (non-hydrogen) atoms. The van der Waals surface area contributed by atoms with E-state index in [0.717, 1.165) is 43.2 Å². The van der Waals surface area contributed by atoms with Crippen LogP contribution in [-0.4, -0.2) is 48.7 Å². The van der Waals surface area contributed by atoms with Crippen LogP contribution in [0, 0.1) is 0 Å². The Bertz CT molecular complexity index is 487. The Morgan fingerprint density at radius 1 is 1.38 bits per heavy atom. The maximum absolute atomic E-state index is 12.5. The Morgan fingerprint density at radius 2 is 2.10 bits per heavy atom. The largest absolute Gasteiger partial charge is 0.314 e. The van der Waals surface area contributed by atoms with Crippen LogP contribution in [0.2, 0.25) is 5.02 Å². The third kappa shape index (κ3) is 5.29. The molecule has 0 aliphatic carbocycles. The Hall–Kier alpha value is -0.550. The molecule has 3 nitrogen and oxygen atoms in total. The third-order valence-corrected chi connectivity index (χ3v) is 4.79. The fourth-order valence-corrected chi connectivity index (χ4v) is 3.53. The highest BCUT2D eigenvalue weighted by atomic mass is 35.5. The molecule has 0 aromatic heterocycles. The molecule has 116 valence electrons. The molecule has 2 rings (SSSR count). The fourth-order valence-electron chi connectivity index (χ4n) is 2.41. The van der Waals surface area contributed by atoms with Gasteiger partial charge in [-0.05, 0) is 18.2 Å². The van der Waals surface area contributed by atoms with Crippen LogP contribution in [0.25, 0.3) is 0 Å². The number of nitrogens with zero attached hydrogens (tertiary/aromatic N) is 1.